The van der Waals surface area contributed by atoms with Gasteiger partial charge in [0.1, 0.15) is 23.8 Å². The molecule has 0 bridgehead atoms. The first kappa shape index (κ1) is 11.2. The molecule has 1 aromatic carbocycles. The molecule has 2 unspecified atom stereocenters. The van der Waals surface area contributed by atoms with Crippen LogP contribution in [0.15, 0.2) is 18.2 Å². The summed E-state index contributed by atoms with van der Waals surface area (Å²) in [6.45, 7) is 2.79. The molecular weight excluding hydrogens is 206 g/mol. The Morgan fingerprint density at radius 3 is 2.69 bits per heavy atom. The largest absolute Gasteiger partial charge is 0.497 e. The van der Waals surface area contributed by atoms with E-state index in [2.05, 4.69) is 5.32 Å². The smallest absolute Gasteiger partial charge is 0.124 e. The van der Waals surface area contributed by atoms with Gasteiger partial charge in [-0.3, -0.25) is 5.32 Å². The number of nitrogens with one attached hydrogen (secondary N) is 1. The molecule has 4 heteroatoms. The molecule has 2 atom stereocenters. The highest BCUT2D eigenvalue weighted by Gasteiger charge is 2.25. The summed E-state index contributed by atoms with van der Waals surface area (Å²) in [5, 5.41) is 3.24. The molecule has 0 radical (unpaired) electrons. The highest BCUT2D eigenvalue weighted by atomic mass is 16.5. The van der Waals surface area contributed by atoms with E-state index in [1.165, 1.54) is 0 Å². The summed E-state index contributed by atoms with van der Waals surface area (Å²) in [6.07, 6.45) is 0.112. The van der Waals surface area contributed by atoms with Crippen LogP contribution < -0.4 is 14.8 Å². The lowest BCUT2D eigenvalue weighted by molar-refractivity contribution is 0.0515. The predicted octanol–water partition coefficient (Wildman–Crippen LogP) is 1.71. The maximum Gasteiger partial charge on any atom is 0.124 e. The first-order valence-electron chi connectivity index (χ1n) is 5.35. The third kappa shape index (κ3) is 2.13. The van der Waals surface area contributed by atoms with Gasteiger partial charge in [0.15, 0.2) is 0 Å². The fourth-order valence-electron chi connectivity index (χ4n) is 1.89. The van der Waals surface area contributed by atoms with Gasteiger partial charge in [0.05, 0.1) is 14.2 Å². The molecule has 0 amide bonds. The minimum atomic E-state index is 0.0278. The van der Waals surface area contributed by atoms with Crippen molar-refractivity contribution in [3.8, 4) is 11.5 Å². The van der Waals surface area contributed by atoms with Crippen molar-refractivity contribution >= 4 is 0 Å². The third-order valence-electron chi connectivity index (χ3n) is 2.74. The number of ether oxygens (including phenoxy) is 3. The molecule has 1 aliphatic rings. The normalized spacial score (nSPS) is 24.4. The van der Waals surface area contributed by atoms with Gasteiger partial charge in [-0.25, -0.2) is 0 Å². The van der Waals surface area contributed by atoms with Crippen molar-refractivity contribution < 1.29 is 14.2 Å². The van der Waals surface area contributed by atoms with Gasteiger partial charge in [-0.1, -0.05) is 0 Å². The number of hydrogen-bond donors (Lipinski definition) is 1. The molecule has 1 aromatic rings. The van der Waals surface area contributed by atoms with Crippen LogP contribution in [0.1, 0.15) is 18.6 Å². The molecule has 0 spiro atoms. The van der Waals surface area contributed by atoms with E-state index in [4.69, 9.17) is 14.2 Å². The van der Waals surface area contributed by atoms with E-state index in [0.717, 1.165) is 23.6 Å². The van der Waals surface area contributed by atoms with Crippen LogP contribution in [0, 0.1) is 0 Å². The van der Waals surface area contributed by atoms with E-state index in [-0.39, 0.29) is 12.3 Å². The molecule has 1 N–H and O–H groups in total. The van der Waals surface area contributed by atoms with Crippen molar-refractivity contribution in [2.75, 3.05) is 20.8 Å². The summed E-state index contributed by atoms with van der Waals surface area (Å²) in [6, 6.07) is 5.75. The minimum Gasteiger partial charge on any atom is -0.497 e. The zero-order chi connectivity index (χ0) is 11.5. The molecule has 1 fully saturated rings. The van der Waals surface area contributed by atoms with E-state index >= 15 is 0 Å². The topological polar surface area (TPSA) is 39.7 Å². The summed E-state index contributed by atoms with van der Waals surface area (Å²) in [5.74, 6) is 1.65. The maximum absolute atomic E-state index is 5.74. The monoisotopic (exact) mass is 223 g/mol. The lowest BCUT2D eigenvalue weighted by Crippen LogP contribution is -2.17. The van der Waals surface area contributed by atoms with E-state index < -0.39 is 0 Å². The second-order valence-corrected chi connectivity index (χ2v) is 3.78. The van der Waals surface area contributed by atoms with Crippen LogP contribution in [0.3, 0.4) is 0 Å². The van der Waals surface area contributed by atoms with Crippen LogP contribution in [0.4, 0.5) is 0 Å². The third-order valence-corrected chi connectivity index (χ3v) is 2.74. The Labute approximate surface area is 95.5 Å². The Bertz CT molecular complexity index is 367. The molecule has 1 saturated heterocycles. The summed E-state index contributed by atoms with van der Waals surface area (Å²) >= 11 is 0. The molecule has 1 aliphatic heterocycles. The fourth-order valence-corrected chi connectivity index (χ4v) is 1.89. The van der Waals surface area contributed by atoms with Crippen LogP contribution in [-0.4, -0.2) is 27.0 Å². The number of rotatable bonds is 3. The van der Waals surface area contributed by atoms with E-state index in [1.54, 1.807) is 14.2 Å². The van der Waals surface area contributed by atoms with Crippen molar-refractivity contribution in [1.82, 2.24) is 5.32 Å². The highest BCUT2D eigenvalue weighted by Crippen LogP contribution is 2.33. The molecule has 88 valence electrons. The van der Waals surface area contributed by atoms with E-state index in [0.29, 0.717) is 0 Å². The zero-order valence-corrected chi connectivity index (χ0v) is 9.82. The molecular formula is C12H17NO3. The van der Waals surface area contributed by atoms with Gasteiger partial charge in [-0.2, -0.15) is 0 Å². The van der Waals surface area contributed by atoms with Gasteiger partial charge in [-0.05, 0) is 25.1 Å². The number of methoxy groups -OCH3 is 2. The quantitative estimate of drug-likeness (QED) is 0.846. The van der Waals surface area contributed by atoms with Gasteiger partial charge in [-0.15, -0.1) is 0 Å². The Balaban J connectivity index is 2.29. The summed E-state index contributed by atoms with van der Waals surface area (Å²) in [7, 11) is 3.32. The lowest BCUT2D eigenvalue weighted by Gasteiger charge is -2.15. The van der Waals surface area contributed by atoms with E-state index in [9.17, 15) is 0 Å². The summed E-state index contributed by atoms with van der Waals surface area (Å²) < 4.78 is 16.3. The molecule has 16 heavy (non-hydrogen) atoms. The average Bonchev–Trinajstić information content (AvgIpc) is 2.75. The van der Waals surface area contributed by atoms with Gasteiger partial charge in [0.2, 0.25) is 0 Å². The molecule has 0 saturated carbocycles. The minimum absolute atomic E-state index is 0.0278. The maximum atomic E-state index is 5.74. The predicted molar refractivity (Wildman–Crippen MR) is 60.8 cm³/mol. The Kier molecular flexibility index (Phi) is 3.31. The van der Waals surface area contributed by atoms with Crippen molar-refractivity contribution in [1.29, 1.82) is 0 Å². The highest BCUT2D eigenvalue weighted by molar-refractivity contribution is 5.42. The van der Waals surface area contributed by atoms with Crippen molar-refractivity contribution in [3.63, 3.8) is 0 Å². The molecule has 4 nitrogen and oxygen atoms in total. The zero-order valence-electron chi connectivity index (χ0n) is 9.82. The van der Waals surface area contributed by atoms with Gasteiger partial charge in [0.25, 0.3) is 0 Å². The Morgan fingerprint density at radius 1 is 1.31 bits per heavy atom. The Hall–Kier alpha value is -1.26. The number of benzene rings is 1. The second kappa shape index (κ2) is 4.72. The van der Waals surface area contributed by atoms with Gasteiger partial charge < -0.3 is 14.2 Å². The van der Waals surface area contributed by atoms with Crippen LogP contribution in [0.2, 0.25) is 0 Å². The standard InChI is InChI=1S/C12H17NO3/c1-8-13-7-12(16-8)10-6-9(14-2)4-5-11(10)15-3/h4-6,8,12-13H,7H2,1-3H3. The second-order valence-electron chi connectivity index (χ2n) is 3.78. The molecule has 1 heterocycles. The molecule has 0 aromatic heterocycles. The average molecular weight is 223 g/mol. The number of hydrogen-bond acceptors (Lipinski definition) is 4. The SMILES string of the molecule is COc1ccc(OC)c(C2CNC(C)O2)c1. The first-order chi connectivity index (χ1) is 7.74. The van der Waals surface area contributed by atoms with Crippen molar-refractivity contribution in [2.24, 2.45) is 0 Å². The van der Waals surface area contributed by atoms with Gasteiger partial charge in [0, 0.05) is 12.1 Å². The lowest BCUT2D eigenvalue weighted by atomic mass is 10.1. The van der Waals surface area contributed by atoms with Crippen LogP contribution in [-0.2, 0) is 4.74 Å². The van der Waals surface area contributed by atoms with Crippen LogP contribution in [0.25, 0.3) is 0 Å². The molecule has 2 rings (SSSR count). The van der Waals surface area contributed by atoms with E-state index in [1.807, 2.05) is 25.1 Å². The van der Waals surface area contributed by atoms with Crippen LogP contribution >= 0.6 is 0 Å². The van der Waals surface area contributed by atoms with Crippen LogP contribution in [0.5, 0.6) is 11.5 Å². The summed E-state index contributed by atoms with van der Waals surface area (Å²) in [5.41, 5.74) is 1.03. The van der Waals surface area contributed by atoms with Crippen molar-refractivity contribution in [2.45, 2.75) is 19.3 Å². The Morgan fingerprint density at radius 2 is 2.12 bits per heavy atom. The first-order valence-corrected chi connectivity index (χ1v) is 5.35. The fraction of sp³-hybridized carbons (Fsp3) is 0.500. The van der Waals surface area contributed by atoms with Crippen molar-refractivity contribution in [3.05, 3.63) is 23.8 Å². The summed E-state index contributed by atoms with van der Waals surface area (Å²) in [4.78, 5) is 0. The van der Waals surface area contributed by atoms with Gasteiger partial charge >= 0.3 is 0 Å². The molecule has 0 aliphatic carbocycles.